The van der Waals surface area contributed by atoms with Gasteiger partial charge in [-0.1, -0.05) is 41.0 Å². The van der Waals surface area contributed by atoms with Crippen molar-refractivity contribution in [1.82, 2.24) is 4.90 Å². The fourth-order valence-electron chi connectivity index (χ4n) is 3.56. The Labute approximate surface area is 156 Å². The smallest absolute Gasteiger partial charge is 0.239 e. The number of hydrogen-bond acceptors (Lipinski definition) is 4. The Morgan fingerprint density at radius 2 is 2.04 bits per heavy atom. The molecule has 0 bridgehead atoms. The van der Waals surface area contributed by atoms with Crippen molar-refractivity contribution in [1.29, 1.82) is 5.26 Å². The Morgan fingerprint density at radius 1 is 1.36 bits per heavy atom. The van der Waals surface area contributed by atoms with E-state index in [0.29, 0.717) is 23.4 Å². The summed E-state index contributed by atoms with van der Waals surface area (Å²) >= 11 is 1.61. The molecule has 1 N–H and O–H groups in total. The molecule has 4 nitrogen and oxygen atoms in total. The van der Waals surface area contributed by atoms with Gasteiger partial charge in [0.1, 0.15) is 11.1 Å². The lowest BCUT2D eigenvalue weighted by Gasteiger charge is -2.36. The highest BCUT2D eigenvalue weighted by Crippen LogP contribution is 2.45. The molecule has 0 saturated heterocycles. The first-order valence-electron chi connectivity index (χ1n) is 9.43. The normalized spacial score (nSPS) is 17.2. The van der Waals surface area contributed by atoms with Crippen LogP contribution in [-0.4, -0.2) is 30.4 Å². The van der Waals surface area contributed by atoms with Gasteiger partial charge in [0.25, 0.3) is 0 Å². The van der Waals surface area contributed by atoms with Crippen molar-refractivity contribution < 1.29 is 4.79 Å². The van der Waals surface area contributed by atoms with E-state index < -0.39 is 0 Å². The Kier molecular flexibility index (Phi) is 6.65. The summed E-state index contributed by atoms with van der Waals surface area (Å²) in [7, 11) is 0. The fourth-order valence-corrected chi connectivity index (χ4v) is 4.86. The van der Waals surface area contributed by atoms with E-state index in [1.165, 1.54) is 10.4 Å². The number of carbonyl (C=O) groups excluding carboxylic acids is 1. The molecule has 1 unspecified atom stereocenters. The molecule has 25 heavy (non-hydrogen) atoms. The quantitative estimate of drug-likeness (QED) is 0.781. The van der Waals surface area contributed by atoms with Crippen LogP contribution in [-0.2, 0) is 17.6 Å². The van der Waals surface area contributed by atoms with Crippen LogP contribution in [0.5, 0.6) is 0 Å². The zero-order valence-electron chi connectivity index (χ0n) is 16.2. The number of nitrogens with one attached hydrogen (secondary N) is 1. The summed E-state index contributed by atoms with van der Waals surface area (Å²) in [6, 6.07) is 2.34. The zero-order valence-corrected chi connectivity index (χ0v) is 17.1. The van der Waals surface area contributed by atoms with E-state index in [9.17, 15) is 10.1 Å². The molecule has 138 valence electrons. The number of nitriles is 1. The predicted octanol–water partition coefficient (Wildman–Crippen LogP) is 4.44. The summed E-state index contributed by atoms with van der Waals surface area (Å²) in [6.45, 7) is 13.1. The Balaban J connectivity index is 2.18. The van der Waals surface area contributed by atoms with Gasteiger partial charge in [0.2, 0.25) is 5.91 Å². The van der Waals surface area contributed by atoms with Gasteiger partial charge in [-0.3, -0.25) is 9.69 Å². The van der Waals surface area contributed by atoms with Gasteiger partial charge in [0, 0.05) is 4.88 Å². The van der Waals surface area contributed by atoms with Crippen LogP contribution in [0.2, 0.25) is 0 Å². The van der Waals surface area contributed by atoms with E-state index in [1.54, 1.807) is 11.3 Å². The van der Waals surface area contributed by atoms with Gasteiger partial charge in [-0.2, -0.15) is 5.26 Å². The molecule has 0 spiro atoms. The second-order valence-electron chi connectivity index (χ2n) is 7.61. The van der Waals surface area contributed by atoms with Crippen LogP contribution >= 0.6 is 11.3 Å². The molecule has 0 aromatic carbocycles. The van der Waals surface area contributed by atoms with Gasteiger partial charge in [0.15, 0.2) is 0 Å². The minimum absolute atomic E-state index is 0.0239. The van der Waals surface area contributed by atoms with Gasteiger partial charge >= 0.3 is 0 Å². The molecule has 0 aliphatic heterocycles. The minimum atomic E-state index is -0.0239. The largest absolute Gasteiger partial charge is 0.315 e. The predicted molar refractivity (Wildman–Crippen MR) is 105 cm³/mol. The second kappa shape index (κ2) is 8.33. The van der Waals surface area contributed by atoms with Crippen LogP contribution in [0.4, 0.5) is 5.00 Å². The first-order valence-corrected chi connectivity index (χ1v) is 10.2. The molecular weight excluding hydrogens is 330 g/mol. The number of hydrogen-bond donors (Lipinski definition) is 1. The van der Waals surface area contributed by atoms with Gasteiger partial charge in [-0.25, -0.2) is 0 Å². The average molecular weight is 362 g/mol. The van der Waals surface area contributed by atoms with Crippen molar-refractivity contribution in [2.75, 3.05) is 25.0 Å². The Bertz CT molecular complexity index is 653. The maximum Gasteiger partial charge on any atom is 0.239 e. The summed E-state index contributed by atoms with van der Waals surface area (Å²) in [6.07, 6.45) is 4.28. The van der Waals surface area contributed by atoms with E-state index in [2.05, 4.69) is 50.9 Å². The molecule has 0 radical (unpaired) electrons. The molecular formula is C20H31N3OS. The van der Waals surface area contributed by atoms with Gasteiger partial charge in [-0.15, -0.1) is 11.3 Å². The van der Waals surface area contributed by atoms with Crippen molar-refractivity contribution >= 4 is 22.2 Å². The maximum atomic E-state index is 12.3. The zero-order chi connectivity index (χ0) is 18.6. The van der Waals surface area contributed by atoms with Crippen LogP contribution in [0.3, 0.4) is 0 Å². The van der Waals surface area contributed by atoms with Crippen molar-refractivity contribution in [3.63, 3.8) is 0 Å². The van der Waals surface area contributed by atoms with Crippen LogP contribution in [0.1, 0.15) is 63.5 Å². The number of fused-ring (bicyclic) bond motifs is 1. The van der Waals surface area contributed by atoms with E-state index >= 15 is 0 Å². The molecule has 2 rings (SSSR count). The molecule has 1 aliphatic carbocycles. The summed E-state index contributed by atoms with van der Waals surface area (Å²) in [5.74, 6) is 0.624. The van der Waals surface area contributed by atoms with Crippen molar-refractivity contribution in [3.8, 4) is 6.07 Å². The average Bonchev–Trinajstić information content (AvgIpc) is 2.95. The number of carbonyl (C=O) groups is 1. The van der Waals surface area contributed by atoms with E-state index in [4.69, 9.17) is 0 Å². The fraction of sp³-hybridized carbons (Fsp3) is 0.700. The number of thiophene rings is 1. The molecule has 1 atom stereocenters. The molecule has 1 aromatic rings. The van der Waals surface area contributed by atoms with Gasteiger partial charge in [-0.05, 0) is 49.2 Å². The summed E-state index contributed by atoms with van der Waals surface area (Å²) in [5, 5.41) is 13.4. The number of rotatable bonds is 7. The Hall–Kier alpha value is -1.38. The highest BCUT2D eigenvalue weighted by Gasteiger charge is 2.34. The third-order valence-electron chi connectivity index (χ3n) is 5.91. The molecule has 1 heterocycles. The lowest BCUT2D eigenvalue weighted by Crippen LogP contribution is -2.32. The maximum absolute atomic E-state index is 12.3. The standard InChI is InChI=1S/C20H31N3OS/c1-6-20(4,5)14-9-10-15-16(12-21)19(25-17(15)11-14)22-18(24)13-23(7-2)8-3/h14H,6-11,13H2,1-5H3,(H,22,24). The third-order valence-corrected chi connectivity index (χ3v) is 7.08. The molecule has 0 fully saturated rings. The topological polar surface area (TPSA) is 56.1 Å². The third kappa shape index (κ3) is 4.43. The number of nitrogens with zero attached hydrogens (tertiary/aromatic N) is 2. The van der Waals surface area contributed by atoms with E-state index in [0.717, 1.165) is 43.8 Å². The summed E-state index contributed by atoms with van der Waals surface area (Å²) in [4.78, 5) is 15.7. The lowest BCUT2D eigenvalue weighted by molar-refractivity contribution is -0.117. The van der Waals surface area contributed by atoms with E-state index in [-0.39, 0.29) is 5.91 Å². The van der Waals surface area contributed by atoms with Crippen molar-refractivity contribution in [3.05, 3.63) is 16.0 Å². The van der Waals surface area contributed by atoms with Crippen LogP contribution in [0.25, 0.3) is 0 Å². The van der Waals surface area contributed by atoms with Crippen LogP contribution in [0.15, 0.2) is 0 Å². The molecule has 1 amide bonds. The molecule has 0 saturated carbocycles. The molecule has 1 aliphatic rings. The Morgan fingerprint density at radius 3 is 2.60 bits per heavy atom. The van der Waals surface area contributed by atoms with Gasteiger partial charge in [0.05, 0.1) is 12.1 Å². The van der Waals surface area contributed by atoms with Gasteiger partial charge < -0.3 is 5.32 Å². The molecule has 1 aromatic heterocycles. The van der Waals surface area contributed by atoms with Crippen LogP contribution in [0, 0.1) is 22.7 Å². The van der Waals surface area contributed by atoms with E-state index in [1.807, 2.05) is 0 Å². The SMILES string of the molecule is CCN(CC)CC(=O)Nc1sc2c(c1C#N)CCC(C(C)(C)CC)C2. The highest BCUT2D eigenvalue weighted by atomic mass is 32.1. The van der Waals surface area contributed by atoms with Crippen molar-refractivity contribution in [2.45, 2.75) is 60.3 Å². The second-order valence-corrected chi connectivity index (χ2v) is 8.72. The molecule has 5 heteroatoms. The summed E-state index contributed by atoms with van der Waals surface area (Å²) in [5.41, 5.74) is 2.19. The number of likely N-dealkylation sites (N-methyl/N-ethyl adjacent to an activating group) is 1. The van der Waals surface area contributed by atoms with Crippen LogP contribution < -0.4 is 5.32 Å². The van der Waals surface area contributed by atoms with Crippen molar-refractivity contribution in [2.24, 2.45) is 11.3 Å². The minimum Gasteiger partial charge on any atom is -0.315 e. The number of anilines is 1. The monoisotopic (exact) mass is 361 g/mol. The lowest BCUT2D eigenvalue weighted by atomic mass is 9.69. The number of amides is 1. The first kappa shape index (κ1) is 19.9. The summed E-state index contributed by atoms with van der Waals surface area (Å²) < 4.78 is 0. The first-order chi connectivity index (χ1) is 11.9. The highest BCUT2D eigenvalue weighted by molar-refractivity contribution is 7.16.